The number of aliphatic hydroxyl groups is 1. The first-order valence-corrected chi connectivity index (χ1v) is 13.4. The van der Waals surface area contributed by atoms with Crippen LogP contribution in [0.3, 0.4) is 0 Å². The number of rotatable bonds is 10. The van der Waals surface area contributed by atoms with Crippen molar-refractivity contribution in [2.45, 2.75) is 51.8 Å². The Labute approximate surface area is 244 Å². The summed E-state index contributed by atoms with van der Waals surface area (Å²) < 4.78 is 43.2. The van der Waals surface area contributed by atoms with Gasteiger partial charge < -0.3 is 19.5 Å². The van der Waals surface area contributed by atoms with Gasteiger partial charge in [-0.15, -0.1) is 9.78 Å². The van der Waals surface area contributed by atoms with Crippen molar-refractivity contribution in [1.82, 2.24) is 34.9 Å². The Balaban J connectivity index is 1.37. The fraction of sp³-hybridized carbons (Fsp3) is 0.370. The van der Waals surface area contributed by atoms with Crippen LogP contribution in [-0.4, -0.2) is 77.4 Å². The van der Waals surface area contributed by atoms with Gasteiger partial charge in [0.05, 0.1) is 17.8 Å². The molecule has 0 spiro atoms. The zero-order valence-electron chi connectivity index (χ0n) is 23.6. The number of amides is 2. The van der Waals surface area contributed by atoms with Gasteiger partial charge in [-0.05, 0) is 61.5 Å². The maximum absolute atomic E-state index is 15.2. The third-order valence-electron chi connectivity index (χ3n) is 7.07. The minimum atomic E-state index is -2.05. The largest absolute Gasteiger partial charge is 0.511 e. The lowest BCUT2D eigenvalue weighted by atomic mass is 9.85. The highest BCUT2D eigenvalue weighted by molar-refractivity contribution is 5.94. The van der Waals surface area contributed by atoms with Gasteiger partial charge in [0, 0.05) is 35.5 Å². The summed E-state index contributed by atoms with van der Waals surface area (Å²) in [4.78, 5) is 28.3. The van der Waals surface area contributed by atoms with Gasteiger partial charge in [0.25, 0.3) is 6.33 Å². The van der Waals surface area contributed by atoms with Crippen molar-refractivity contribution >= 4 is 17.9 Å². The van der Waals surface area contributed by atoms with Gasteiger partial charge in [-0.3, -0.25) is 4.90 Å². The van der Waals surface area contributed by atoms with E-state index in [0.29, 0.717) is 24.0 Å². The van der Waals surface area contributed by atoms with Crippen molar-refractivity contribution in [3.05, 3.63) is 78.6 Å². The molecule has 1 aliphatic rings. The van der Waals surface area contributed by atoms with Crippen molar-refractivity contribution in [2.75, 3.05) is 18.0 Å². The Morgan fingerprint density at radius 1 is 1.12 bits per heavy atom. The number of aromatic nitrogens is 7. The maximum Gasteiger partial charge on any atom is 0.511 e. The Kier molecular flexibility index (Phi) is 8.29. The van der Waals surface area contributed by atoms with Crippen LogP contribution in [0.5, 0.6) is 0 Å². The number of halogens is 2. The molecule has 226 valence electrons. The first-order chi connectivity index (χ1) is 20.5. The van der Waals surface area contributed by atoms with E-state index in [9.17, 15) is 19.1 Å². The smallest absolute Gasteiger partial charge is 0.431 e. The number of anilines is 1. The summed E-state index contributed by atoms with van der Waals surface area (Å²) in [6.07, 6.45) is 3.01. The highest BCUT2D eigenvalue weighted by Crippen LogP contribution is 2.35. The molecule has 0 bridgehead atoms. The van der Waals surface area contributed by atoms with Crippen molar-refractivity contribution in [3.63, 3.8) is 0 Å². The summed E-state index contributed by atoms with van der Waals surface area (Å²) in [5.74, 6) is -1.79. The molecule has 0 radical (unpaired) electrons. The molecule has 1 N–H and O–H groups in total. The normalized spacial score (nSPS) is 15.6. The van der Waals surface area contributed by atoms with Crippen LogP contribution < -0.4 is 9.47 Å². The fourth-order valence-corrected chi connectivity index (χ4v) is 4.87. The molecule has 5 rings (SSSR count). The van der Waals surface area contributed by atoms with Crippen LogP contribution in [-0.2, 0) is 28.4 Å². The number of tetrazole rings is 1. The molecule has 1 saturated heterocycles. The van der Waals surface area contributed by atoms with E-state index in [0.717, 1.165) is 12.1 Å². The number of benzene rings is 2. The summed E-state index contributed by atoms with van der Waals surface area (Å²) in [5.41, 5.74) is -0.950. The molecule has 0 unspecified atom stereocenters. The molecular formula is C27H30F2N9O5+. The van der Waals surface area contributed by atoms with Gasteiger partial charge in [-0.2, -0.15) is 0 Å². The Bertz CT molecular complexity index is 1580. The third kappa shape index (κ3) is 6.28. The van der Waals surface area contributed by atoms with E-state index in [4.69, 9.17) is 9.47 Å². The van der Waals surface area contributed by atoms with Gasteiger partial charge >= 0.3 is 12.2 Å². The predicted octanol–water partition coefficient (Wildman–Crippen LogP) is 2.16. The maximum atomic E-state index is 15.2. The molecule has 0 aliphatic carbocycles. The molecule has 2 amide bonds. The van der Waals surface area contributed by atoms with Gasteiger partial charge in [-0.1, -0.05) is 6.07 Å². The lowest BCUT2D eigenvalue weighted by Crippen LogP contribution is -2.53. The van der Waals surface area contributed by atoms with E-state index >= 15 is 4.39 Å². The molecule has 4 aromatic rings. The first kappa shape index (κ1) is 29.5. The van der Waals surface area contributed by atoms with E-state index in [1.807, 2.05) is 0 Å². The van der Waals surface area contributed by atoms with Gasteiger partial charge in [-0.25, -0.2) is 27.6 Å². The third-order valence-corrected chi connectivity index (χ3v) is 7.07. The second-order valence-electron chi connectivity index (χ2n) is 10.3. The molecular weight excluding hydrogens is 568 g/mol. The van der Waals surface area contributed by atoms with Gasteiger partial charge in [0.15, 0.2) is 0 Å². The number of hydrogen-bond donors (Lipinski definition) is 1. The monoisotopic (exact) mass is 598 g/mol. The highest BCUT2D eigenvalue weighted by atomic mass is 19.1. The second kappa shape index (κ2) is 12.1. The number of carbonyl (C=O) groups is 2. The molecule has 2 aromatic carbocycles. The van der Waals surface area contributed by atoms with E-state index in [2.05, 4.69) is 20.6 Å². The predicted molar refractivity (Wildman–Crippen MR) is 143 cm³/mol. The molecule has 43 heavy (non-hydrogen) atoms. The molecule has 1 aliphatic heterocycles. The minimum absolute atomic E-state index is 0.211. The van der Waals surface area contributed by atoms with E-state index in [-0.39, 0.29) is 31.5 Å². The zero-order chi connectivity index (χ0) is 30.7. The zero-order valence-corrected chi connectivity index (χ0v) is 23.6. The standard InChI is InChI=1S/C27H30F2N9O5/c1-18(2)43-26(40)42-17-34-15-31-35(16-34)13-27(41,23-9-4-20(28)12-24(23)29)19(3)36-10-11-37(25(36)39)21-5-7-22(8-6-21)38-14-30-32-33-38/h4-9,12,14-16,18-19,41H,10-11,13,17H2,1-3H3/q+1/t19-,27+/m1/s1. The van der Waals surface area contributed by atoms with Crippen molar-refractivity contribution in [1.29, 1.82) is 0 Å². The van der Waals surface area contributed by atoms with Gasteiger partial charge in [0.2, 0.25) is 13.1 Å². The lowest BCUT2D eigenvalue weighted by Gasteiger charge is -2.38. The highest BCUT2D eigenvalue weighted by Gasteiger charge is 2.47. The van der Waals surface area contributed by atoms with Crippen LogP contribution in [0.2, 0.25) is 0 Å². The Hall–Kier alpha value is -4.99. The summed E-state index contributed by atoms with van der Waals surface area (Å²) in [6, 6.07) is 8.49. The Morgan fingerprint density at radius 3 is 2.53 bits per heavy atom. The first-order valence-electron chi connectivity index (χ1n) is 13.4. The topological polar surface area (TPSA) is 145 Å². The SMILES string of the molecule is CC(C)OC(=O)OC[n+]1cnn(C[C@@](O)(c2ccc(F)cc2F)[C@@H](C)N2CCN(c3ccc(-n4cnnn4)cc3)C2=O)c1. The molecule has 3 heterocycles. The Morgan fingerprint density at radius 2 is 1.86 bits per heavy atom. The number of carbonyl (C=O) groups excluding carboxylic acids is 2. The molecule has 2 atom stereocenters. The van der Waals surface area contributed by atoms with Crippen LogP contribution in [0.4, 0.5) is 24.1 Å². The van der Waals surface area contributed by atoms with Crippen LogP contribution in [0.15, 0.2) is 61.4 Å². The summed E-state index contributed by atoms with van der Waals surface area (Å²) in [5, 5.41) is 27.4. The fourth-order valence-electron chi connectivity index (χ4n) is 4.87. The van der Waals surface area contributed by atoms with Crippen molar-refractivity contribution in [3.8, 4) is 5.69 Å². The minimum Gasteiger partial charge on any atom is -0.431 e. The van der Waals surface area contributed by atoms with Crippen LogP contribution in [0.25, 0.3) is 5.69 Å². The quantitative estimate of drug-likeness (QED) is 0.214. The molecule has 2 aromatic heterocycles. The average Bonchev–Trinajstić information content (AvgIpc) is 3.73. The van der Waals surface area contributed by atoms with Crippen molar-refractivity contribution < 1.29 is 37.5 Å². The molecule has 0 saturated carbocycles. The summed E-state index contributed by atoms with van der Waals surface area (Å²) >= 11 is 0. The van der Waals surface area contributed by atoms with Crippen molar-refractivity contribution in [2.24, 2.45) is 0 Å². The number of hydrogen-bond acceptors (Lipinski definition) is 9. The average molecular weight is 599 g/mol. The number of urea groups is 1. The van der Waals surface area contributed by atoms with E-state index in [1.165, 1.54) is 42.7 Å². The van der Waals surface area contributed by atoms with E-state index in [1.54, 1.807) is 45.0 Å². The summed E-state index contributed by atoms with van der Waals surface area (Å²) in [7, 11) is 0. The van der Waals surface area contributed by atoms with Crippen LogP contribution in [0, 0.1) is 11.6 Å². The van der Waals surface area contributed by atoms with Crippen LogP contribution >= 0.6 is 0 Å². The molecule has 1 fully saturated rings. The second-order valence-corrected chi connectivity index (χ2v) is 10.3. The van der Waals surface area contributed by atoms with E-state index < -0.39 is 35.5 Å². The van der Waals surface area contributed by atoms with Gasteiger partial charge in [0.1, 0.15) is 30.1 Å². The number of nitrogens with zero attached hydrogens (tertiary/aromatic N) is 9. The lowest BCUT2D eigenvalue weighted by molar-refractivity contribution is -0.728. The summed E-state index contributed by atoms with van der Waals surface area (Å²) in [6.45, 7) is 4.95. The molecule has 16 heteroatoms. The molecule has 14 nitrogen and oxygen atoms in total. The van der Waals surface area contributed by atoms with Crippen LogP contribution in [0.1, 0.15) is 26.3 Å². The number of ether oxygens (including phenoxy) is 2.